The molecule has 1 aliphatic heterocycles. The van der Waals surface area contributed by atoms with Gasteiger partial charge in [0.15, 0.2) is 0 Å². The Morgan fingerprint density at radius 2 is 1.96 bits per heavy atom. The molecule has 23 heavy (non-hydrogen) atoms. The number of nitrogens with zero attached hydrogens (tertiary/aromatic N) is 1. The van der Waals surface area contributed by atoms with Crippen LogP contribution in [-0.2, 0) is 0 Å². The van der Waals surface area contributed by atoms with Gasteiger partial charge < -0.3 is 9.80 Å². The van der Waals surface area contributed by atoms with Crippen LogP contribution in [0.15, 0.2) is 36.4 Å². The molecule has 0 unspecified atom stereocenters. The van der Waals surface area contributed by atoms with Crippen LogP contribution in [0.25, 0.3) is 0 Å². The topological polar surface area (TPSA) is 24.8 Å². The summed E-state index contributed by atoms with van der Waals surface area (Å²) in [5.41, 5.74) is 0.203. The number of fused-ring (bicyclic) bond motifs is 2. The molecule has 1 aromatic carbocycles. The smallest absolute Gasteiger partial charge is 0.257 e. The fraction of sp³-hybridized carbons (Fsp3) is 0.526. The average Bonchev–Trinajstić information content (AvgIpc) is 3.18. The van der Waals surface area contributed by atoms with Gasteiger partial charge in [-0.3, -0.25) is 4.79 Å². The van der Waals surface area contributed by atoms with E-state index in [9.17, 15) is 9.18 Å². The Kier molecular flexibility index (Phi) is 3.93. The van der Waals surface area contributed by atoms with Crippen LogP contribution in [0, 0.1) is 23.6 Å². The number of nitrogens with one attached hydrogen (secondary N) is 1. The van der Waals surface area contributed by atoms with Gasteiger partial charge in [-0.05, 0) is 36.8 Å². The quantitative estimate of drug-likeness (QED) is 0.838. The summed E-state index contributed by atoms with van der Waals surface area (Å²) in [6.07, 6.45) is 7.51. The van der Waals surface area contributed by atoms with E-state index in [1.807, 2.05) is 4.90 Å². The van der Waals surface area contributed by atoms with Gasteiger partial charge in [-0.1, -0.05) is 24.3 Å². The lowest BCUT2D eigenvalue weighted by atomic mass is 9.93. The Morgan fingerprint density at radius 1 is 1.17 bits per heavy atom. The molecule has 2 bridgehead atoms. The minimum Gasteiger partial charge on any atom is -0.332 e. The van der Waals surface area contributed by atoms with Crippen LogP contribution in [0.1, 0.15) is 23.2 Å². The maximum absolute atomic E-state index is 13.8. The summed E-state index contributed by atoms with van der Waals surface area (Å²) < 4.78 is 13.8. The molecule has 1 N–H and O–H groups in total. The molecule has 1 saturated carbocycles. The molecule has 4 rings (SSSR count). The number of piperazine rings is 1. The Bertz CT molecular complexity index is 622. The van der Waals surface area contributed by atoms with Gasteiger partial charge >= 0.3 is 0 Å². The lowest BCUT2D eigenvalue weighted by Crippen LogP contribution is -3.15. The normalized spacial score (nSPS) is 30.1. The standard InChI is InChI=1S/C19H23FN2O/c20-18-4-2-1-3-17(18)19(23)22-9-7-21(8-10-22)13-16-12-14-5-6-15(16)11-14/h1-6,14-16H,7-13H2/p+1/t14-,15+,16-/m1/s1. The van der Waals surface area contributed by atoms with Crippen molar-refractivity contribution in [3.05, 3.63) is 47.8 Å². The van der Waals surface area contributed by atoms with E-state index in [1.165, 1.54) is 25.5 Å². The molecule has 0 spiro atoms. The molecule has 2 aliphatic carbocycles. The fourth-order valence-electron chi connectivity index (χ4n) is 4.54. The third kappa shape index (κ3) is 2.92. The van der Waals surface area contributed by atoms with Crippen molar-refractivity contribution in [2.75, 3.05) is 32.7 Å². The molecule has 3 nitrogen and oxygen atoms in total. The summed E-state index contributed by atoms with van der Waals surface area (Å²) in [4.78, 5) is 15.9. The molecule has 1 heterocycles. The monoisotopic (exact) mass is 315 g/mol. The highest BCUT2D eigenvalue weighted by Crippen LogP contribution is 2.42. The first kappa shape index (κ1) is 14.9. The Labute approximate surface area is 136 Å². The second-order valence-corrected chi connectivity index (χ2v) is 7.27. The van der Waals surface area contributed by atoms with Crippen LogP contribution in [0.3, 0.4) is 0 Å². The second kappa shape index (κ2) is 6.08. The minimum absolute atomic E-state index is 0.162. The molecular weight excluding hydrogens is 291 g/mol. The molecular formula is C19H24FN2O+. The van der Waals surface area contributed by atoms with Gasteiger partial charge in [-0.25, -0.2) is 4.39 Å². The summed E-state index contributed by atoms with van der Waals surface area (Å²) >= 11 is 0. The summed E-state index contributed by atoms with van der Waals surface area (Å²) in [6, 6.07) is 6.29. The summed E-state index contributed by atoms with van der Waals surface area (Å²) in [5.74, 6) is 1.87. The summed E-state index contributed by atoms with van der Waals surface area (Å²) in [5, 5.41) is 0. The second-order valence-electron chi connectivity index (χ2n) is 7.27. The fourth-order valence-corrected chi connectivity index (χ4v) is 4.54. The number of benzene rings is 1. The molecule has 3 atom stereocenters. The molecule has 3 aliphatic rings. The number of carbonyl (C=O) groups excluding carboxylic acids is 1. The van der Waals surface area contributed by atoms with E-state index in [-0.39, 0.29) is 11.5 Å². The van der Waals surface area contributed by atoms with E-state index in [1.54, 1.807) is 23.1 Å². The first-order chi connectivity index (χ1) is 11.2. The van der Waals surface area contributed by atoms with Crippen molar-refractivity contribution in [3.8, 4) is 0 Å². The number of rotatable bonds is 3. The summed E-state index contributed by atoms with van der Waals surface area (Å²) in [6.45, 7) is 4.67. The number of amides is 1. The maximum atomic E-state index is 13.8. The van der Waals surface area contributed by atoms with E-state index in [4.69, 9.17) is 0 Å². The molecule has 1 saturated heterocycles. The van der Waals surface area contributed by atoms with Crippen molar-refractivity contribution < 1.29 is 14.1 Å². The Balaban J connectivity index is 1.32. The minimum atomic E-state index is -0.416. The highest BCUT2D eigenvalue weighted by molar-refractivity contribution is 5.94. The van der Waals surface area contributed by atoms with E-state index < -0.39 is 5.82 Å². The highest BCUT2D eigenvalue weighted by Gasteiger charge is 2.38. The molecule has 4 heteroatoms. The van der Waals surface area contributed by atoms with Crippen LogP contribution in [0.4, 0.5) is 4.39 Å². The lowest BCUT2D eigenvalue weighted by molar-refractivity contribution is -0.907. The number of allylic oxidation sites excluding steroid dienone is 2. The maximum Gasteiger partial charge on any atom is 0.257 e. The third-order valence-electron chi connectivity index (χ3n) is 5.83. The van der Waals surface area contributed by atoms with Crippen LogP contribution < -0.4 is 4.90 Å². The van der Waals surface area contributed by atoms with Crippen molar-refractivity contribution in [1.82, 2.24) is 4.90 Å². The van der Waals surface area contributed by atoms with Gasteiger partial charge in [0.05, 0.1) is 38.3 Å². The molecule has 0 radical (unpaired) electrons. The van der Waals surface area contributed by atoms with Crippen molar-refractivity contribution in [3.63, 3.8) is 0 Å². The molecule has 2 fully saturated rings. The number of carbonyl (C=O) groups is 1. The molecule has 122 valence electrons. The Hall–Kier alpha value is -1.68. The van der Waals surface area contributed by atoms with Gasteiger partial charge in [-0.15, -0.1) is 0 Å². The van der Waals surface area contributed by atoms with Crippen LogP contribution in [0.5, 0.6) is 0 Å². The average molecular weight is 315 g/mol. The van der Waals surface area contributed by atoms with Crippen molar-refractivity contribution in [2.24, 2.45) is 17.8 Å². The number of hydrogen-bond acceptors (Lipinski definition) is 1. The molecule has 1 amide bonds. The zero-order valence-corrected chi connectivity index (χ0v) is 13.4. The number of halogens is 1. The first-order valence-electron chi connectivity index (χ1n) is 8.76. The number of hydrogen-bond donors (Lipinski definition) is 1. The van der Waals surface area contributed by atoms with Crippen LogP contribution in [0.2, 0.25) is 0 Å². The number of quaternary nitrogens is 1. The van der Waals surface area contributed by atoms with Crippen molar-refractivity contribution >= 4 is 5.91 Å². The summed E-state index contributed by atoms with van der Waals surface area (Å²) in [7, 11) is 0. The SMILES string of the molecule is O=C(c1ccccc1F)N1CC[NH+](C[C@H]2C[C@@H]3C=C[C@H]2C3)CC1. The zero-order valence-electron chi connectivity index (χ0n) is 13.4. The van der Waals surface area contributed by atoms with Crippen LogP contribution in [-0.4, -0.2) is 43.5 Å². The predicted molar refractivity (Wildman–Crippen MR) is 86.7 cm³/mol. The largest absolute Gasteiger partial charge is 0.332 e. The van der Waals surface area contributed by atoms with Gasteiger partial charge in [0.2, 0.25) is 0 Å². The lowest BCUT2D eigenvalue weighted by Gasteiger charge is -2.34. The van der Waals surface area contributed by atoms with Crippen molar-refractivity contribution in [1.29, 1.82) is 0 Å². The van der Waals surface area contributed by atoms with E-state index in [2.05, 4.69) is 12.2 Å². The Morgan fingerprint density at radius 3 is 2.61 bits per heavy atom. The van der Waals surface area contributed by atoms with Crippen molar-refractivity contribution in [2.45, 2.75) is 12.8 Å². The van der Waals surface area contributed by atoms with Gasteiger partial charge in [-0.2, -0.15) is 0 Å². The van der Waals surface area contributed by atoms with Gasteiger partial charge in [0.1, 0.15) is 5.82 Å². The van der Waals surface area contributed by atoms with Gasteiger partial charge in [0.25, 0.3) is 5.91 Å². The van der Waals surface area contributed by atoms with Crippen LogP contribution >= 0.6 is 0 Å². The highest BCUT2D eigenvalue weighted by atomic mass is 19.1. The van der Waals surface area contributed by atoms with E-state index in [0.717, 1.165) is 43.9 Å². The van der Waals surface area contributed by atoms with E-state index >= 15 is 0 Å². The molecule has 0 aromatic heterocycles. The third-order valence-corrected chi connectivity index (χ3v) is 5.83. The first-order valence-corrected chi connectivity index (χ1v) is 8.76. The van der Waals surface area contributed by atoms with Gasteiger partial charge in [0, 0.05) is 5.92 Å². The zero-order chi connectivity index (χ0) is 15.8. The molecule has 1 aromatic rings. The predicted octanol–water partition coefficient (Wildman–Crippen LogP) is 1.38. The van der Waals surface area contributed by atoms with E-state index in [0.29, 0.717) is 0 Å².